The first-order chi connectivity index (χ1) is 17.4. The maximum Gasteiger partial charge on any atom is 0.211 e. The predicted octanol–water partition coefficient (Wildman–Crippen LogP) is 4.84. The van der Waals surface area contributed by atoms with Crippen LogP contribution in [-0.4, -0.2) is 58.3 Å². The van der Waals surface area contributed by atoms with Gasteiger partial charge in [-0.2, -0.15) is 0 Å². The molecule has 2 aromatic rings. The van der Waals surface area contributed by atoms with Crippen LogP contribution in [0.4, 0.5) is 11.4 Å². The summed E-state index contributed by atoms with van der Waals surface area (Å²) in [5, 5.41) is 0. The minimum absolute atomic E-state index is 0.107. The SMILES string of the molecule is CCCCS(=O)(=O)NC1CCC(OC2(CN(c3ccccc3)c3ccccc3)CN=CC=C2OC)C1. The Labute approximate surface area is 215 Å². The standard InChI is InChI=1S/C28H37N3O4S/c1-3-4-19-36(32,33)30-23-15-16-26(20-23)35-28(21-29-18-17-27(28)34-2)22-31(24-11-7-5-8-12-24)25-13-9-6-10-14-25/h5-14,17-18,23,26,30H,3-4,15-16,19-22H2,1-2H3. The van der Waals surface area contributed by atoms with Crippen molar-refractivity contribution >= 4 is 27.6 Å². The quantitative estimate of drug-likeness (QED) is 0.441. The molecule has 1 aliphatic carbocycles. The number of dihydropyridines is 1. The van der Waals surface area contributed by atoms with Crippen LogP contribution in [0.15, 0.2) is 77.5 Å². The number of benzene rings is 2. The van der Waals surface area contributed by atoms with Crippen molar-refractivity contribution in [2.24, 2.45) is 4.99 Å². The lowest BCUT2D eigenvalue weighted by molar-refractivity contribution is -0.0816. The van der Waals surface area contributed by atoms with Crippen LogP contribution in [0.2, 0.25) is 0 Å². The third-order valence-electron chi connectivity index (χ3n) is 6.79. The Morgan fingerprint density at radius 1 is 1.06 bits per heavy atom. The highest BCUT2D eigenvalue weighted by molar-refractivity contribution is 7.89. The molecule has 0 radical (unpaired) electrons. The van der Waals surface area contributed by atoms with Crippen LogP contribution in [-0.2, 0) is 19.5 Å². The van der Waals surface area contributed by atoms with E-state index in [-0.39, 0.29) is 17.9 Å². The molecular formula is C28H37N3O4S. The number of ether oxygens (including phenoxy) is 2. The minimum atomic E-state index is -3.28. The zero-order valence-electron chi connectivity index (χ0n) is 21.2. The van der Waals surface area contributed by atoms with E-state index in [4.69, 9.17) is 9.47 Å². The molecule has 3 atom stereocenters. The highest BCUT2D eigenvalue weighted by Crippen LogP contribution is 2.37. The van der Waals surface area contributed by atoms with Gasteiger partial charge < -0.3 is 14.4 Å². The summed E-state index contributed by atoms with van der Waals surface area (Å²) in [5.41, 5.74) is 1.28. The van der Waals surface area contributed by atoms with E-state index in [0.29, 0.717) is 25.9 Å². The molecule has 1 fully saturated rings. The van der Waals surface area contributed by atoms with Crippen LogP contribution in [0.1, 0.15) is 39.0 Å². The van der Waals surface area contributed by atoms with Crippen molar-refractivity contribution in [2.45, 2.75) is 56.8 Å². The Kier molecular flexibility index (Phi) is 8.82. The molecule has 0 spiro atoms. The smallest absolute Gasteiger partial charge is 0.211 e. The number of rotatable bonds is 12. The number of unbranched alkanes of at least 4 members (excludes halogenated alkanes) is 1. The van der Waals surface area contributed by atoms with Gasteiger partial charge in [0.2, 0.25) is 10.0 Å². The average Bonchev–Trinajstić information content (AvgIpc) is 3.33. The lowest BCUT2D eigenvalue weighted by Gasteiger charge is -2.41. The molecule has 3 unspecified atom stereocenters. The zero-order valence-corrected chi connectivity index (χ0v) is 22.0. The lowest BCUT2D eigenvalue weighted by atomic mass is 9.96. The van der Waals surface area contributed by atoms with Crippen LogP contribution in [0.5, 0.6) is 0 Å². The van der Waals surface area contributed by atoms with Crippen molar-refractivity contribution in [2.75, 3.05) is 30.9 Å². The van der Waals surface area contributed by atoms with Crippen LogP contribution < -0.4 is 9.62 Å². The third kappa shape index (κ3) is 6.55. The Balaban J connectivity index is 1.57. The van der Waals surface area contributed by atoms with E-state index in [1.54, 1.807) is 13.3 Å². The van der Waals surface area contributed by atoms with Crippen molar-refractivity contribution in [3.63, 3.8) is 0 Å². The fourth-order valence-electron chi connectivity index (χ4n) is 4.99. The molecule has 7 nitrogen and oxygen atoms in total. The Bertz CT molecular complexity index is 1100. The second-order valence-corrected chi connectivity index (χ2v) is 11.4. The van der Waals surface area contributed by atoms with Crippen molar-refractivity contribution in [3.8, 4) is 0 Å². The zero-order chi connectivity index (χ0) is 25.4. The van der Waals surface area contributed by atoms with E-state index in [0.717, 1.165) is 36.4 Å². The molecule has 0 amide bonds. The van der Waals surface area contributed by atoms with Gasteiger partial charge in [0, 0.05) is 23.6 Å². The first-order valence-corrected chi connectivity index (χ1v) is 14.4. The molecule has 0 bridgehead atoms. The van der Waals surface area contributed by atoms with Gasteiger partial charge >= 0.3 is 0 Å². The van der Waals surface area contributed by atoms with Crippen molar-refractivity contribution in [1.82, 2.24) is 4.72 Å². The summed E-state index contributed by atoms with van der Waals surface area (Å²) in [4.78, 5) is 6.81. The van der Waals surface area contributed by atoms with Gasteiger partial charge in [0.15, 0.2) is 5.60 Å². The number of nitrogens with zero attached hydrogens (tertiary/aromatic N) is 2. The highest BCUT2D eigenvalue weighted by atomic mass is 32.2. The maximum atomic E-state index is 12.5. The molecule has 1 heterocycles. The number of allylic oxidation sites excluding steroid dienone is 1. The van der Waals surface area contributed by atoms with E-state index >= 15 is 0 Å². The second kappa shape index (κ2) is 12.0. The van der Waals surface area contributed by atoms with Gasteiger partial charge in [-0.05, 0) is 56.0 Å². The van der Waals surface area contributed by atoms with Crippen molar-refractivity contribution < 1.29 is 17.9 Å². The molecule has 2 aromatic carbocycles. The topological polar surface area (TPSA) is 80.2 Å². The van der Waals surface area contributed by atoms with Gasteiger partial charge in [-0.25, -0.2) is 13.1 Å². The summed E-state index contributed by atoms with van der Waals surface area (Å²) >= 11 is 0. The number of para-hydroxylation sites is 2. The van der Waals surface area contributed by atoms with Gasteiger partial charge in [-0.15, -0.1) is 0 Å². The molecule has 0 saturated heterocycles. The van der Waals surface area contributed by atoms with Gasteiger partial charge in [0.25, 0.3) is 0 Å². The lowest BCUT2D eigenvalue weighted by Crippen LogP contribution is -2.51. The van der Waals surface area contributed by atoms with E-state index in [1.165, 1.54) is 0 Å². The molecule has 1 N–H and O–H groups in total. The number of nitrogens with one attached hydrogen (secondary N) is 1. The first-order valence-electron chi connectivity index (χ1n) is 12.7. The first kappa shape index (κ1) is 26.4. The van der Waals surface area contributed by atoms with Crippen LogP contribution in [0.25, 0.3) is 0 Å². The van der Waals surface area contributed by atoms with Crippen molar-refractivity contribution in [1.29, 1.82) is 0 Å². The summed E-state index contributed by atoms with van der Waals surface area (Å²) in [7, 11) is -1.61. The Morgan fingerprint density at radius 2 is 1.72 bits per heavy atom. The monoisotopic (exact) mass is 511 g/mol. The predicted molar refractivity (Wildman–Crippen MR) is 145 cm³/mol. The van der Waals surface area contributed by atoms with Crippen LogP contribution >= 0.6 is 0 Å². The number of methoxy groups -OCH3 is 1. The summed E-state index contributed by atoms with van der Waals surface area (Å²) in [6.07, 6.45) is 7.20. The largest absolute Gasteiger partial charge is 0.498 e. The molecule has 0 aromatic heterocycles. The fraction of sp³-hybridized carbons (Fsp3) is 0.464. The van der Waals surface area contributed by atoms with E-state index in [9.17, 15) is 8.42 Å². The molecule has 8 heteroatoms. The third-order valence-corrected chi connectivity index (χ3v) is 8.30. The summed E-state index contributed by atoms with van der Waals surface area (Å²) in [6.45, 7) is 2.92. The van der Waals surface area contributed by atoms with Gasteiger partial charge in [-0.3, -0.25) is 4.99 Å². The Hall–Kier alpha value is -2.68. The molecule has 4 rings (SSSR count). The average molecular weight is 512 g/mol. The van der Waals surface area contributed by atoms with E-state index in [2.05, 4.69) is 38.9 Å². The van der Waals surface area contributed by atoms with E-state index in [1.807, 2.05) is 49.4 Å². The summed E-state index contributed by atoms with van der Waals surface area (Å²) < 4.78 is 40.5. The highest BCUT2D eigenvalue weighted by Gasteiger charge is 2.44. The minimum Gasteiger partial charge on any atom is -0.498 e. The maximum absolute atomic E-state index is 12.5. The number of hydrogen-bond acceptors (Lipinski definition) is 6. The Morgan fingerprint density at radius 3 is 2.33 bits per heavy atom. The number of sulfonamides is 1. The summed E-state index contributed by atoms with van der Waals surface area (Å²) in [6, 6.07) is 20.3. The van der Waals surface area contributed by atoms with Gasteiger partial charge in [0.1, 0.15) is 5.76 Å². The van der Waals surface area contributed by atoms with Crippen LogP contribution in [0, 0.1) is 0 Å². The van der Waals surface area contributed by atoms with Gasteiger partial charge in [-0.1, -0.05) is 49.7 Å². The molecule has 2 aliphatic rings. The number of anilines is 2. The normalized spacial score (nSPS) is 23.9. The molecule has 36 heavy (non-hydrogen) atoms. The van der Waals surface area contributed by atoms with E-state index < -0.39 is 15.6 Å². The number of aliphatic imine (C=N–C) groups is 1. The second-order valence-electron chi connectivity index (χ2n) is 9.52. The molecule has 1 aliphatic heterocycles. The fourth-order valence-corrected chi connectivity index (χ4v) is 6.50. The van der Waals surface area contributed by atoms with Gasteiger partial charge in [0.05, 0.1) is 32.1 Å². The summed E-state index contributed by atoms with van der Waals surface area (Å²) in [5.74, 6) is 0.894. The molecule has 194 valence electrons. The van der Waals surface area contributed by atoms with Crippen molar-refractivity contribution in [3.05, 3.63) is 72.5 Å². The molecule has 1 saturated carbocycles. The number of hydrogen-bond donors (Lipinski definition) is 1. The van der Waals surface area contributed by atoms with Crippen LogP contribution in [0.3, 0.4) is 0 Å². The molecular weight excluding hydrogens is 474 g/mol.